The molecule has 1 rings (SSSR count). The van der Waals surface area contributed by atoms with E-state index in [0.717, 1.165) is 12.8 Å². The molecule has 0 heterocycles. The van der Waals surface area contributed by atoms with Crippen LogP contribution >= 0.6 is 11.6 Å². The third kappa shape index (κ3) is 5.63. The average Bonchev–Trinajstić information content (AvgIpc) is 2.46. The molecular weight excluding hydrogens is 274 g/mol. The van der Waals surface area contributed by atoms with Gasteiger partial charge in [0.25, 0.3) is 5.24 Å². The van der Waals surface area contributed by atoms with Gasteiger partial charge in [-0.05, 0) is 36.2 Å². The number of nitriles is 1. The van der Waals surface area contributed by atoms with Crippen LogP contribution in [0.4, 0.5) is 0 Å². The maximum atomic E-state index is 11.0. The van der Waals surface area contributed by atoms with E-state index in [-0.39, 0.29) is 0 Å². The minimum absolute atomic E-state index is 0.315. The van der Waals surface area contributed by atoms with E-state index in [0.29, 0.717) is 23.5 Å². The number of ether oxygens (including phenoxy) is 1. The van der Waals surface area contributed by atoms with Crippen molar-refractivity contribution in [3.63, 3.8) is 0 Å². The molecule has 3 nitrogen and oxygen atoms in total. The van der Waals surface area contributed by atoms with Crippen molar-refractivity contribution in [3.05, 3.63) is 29.3 Å². The second kappa shape index (κ2) is 9.39. The van der Waals surface area contributed by atoms with Gasteiger partial charge in [0.2, 0.25) is 0 Å². The maximum Gasteiger partial charge on any atom is 0.252 e. The van der Waals surface area contributed by atoms with Crippen LogP contribution in [0.5, 0.6) is 5.75 Å². The Morgan fingerprint density at radius 1 is 1.25 bits per heavy atom. The molecule has 1 aromatic rings. The molecule has 108 valence electrons. The van der Waals surface area contributed by atoms with Crippen molar-refractivity contribution in [1.29, 1.82) is 5.26 Å². The lowest BCUT2D eigenvalue weighted by molar-refractivity contribution is 0.108. The highest BCUT2D eigenvalue weighted by Crippen LogP contribution is 2.20. The summed E-state index contributed by atoms with van der Waals surface area (Å²) >= 11 is 5.38. The van der Waals surface area contributed by atoms with Gasteiger partial charge >= 0.3 is 0 Å². The molecule has 0 fully saturated rings. The van der Waals surface area contributed by atoms with Crippen LogP contribution < -0.4 is 4.74 Å². The summed E-state index contributed by atoms with van der Waals surface area (Å²) < 4.78 is 5.59. The zero-order chi connectivity index (χ0) is 14.8. The number of hydrogen-bond acceptors (Lipinski definition) is 3. The topological polar surface area (TPSA) is 50.1 Å². The van der Waals surface area contributed by atoms with Crippen molar-refractivity contribution in [1.82, 2.24) is 0 Å². The molecule has 0 aliphatic rings. The molecule has 1 aromatic carbocycles. The van der Waals surface area contributed by atoms with Crippen molar-refractivity contribution in [2.45, 2.75) is 45.4 Å². The highest BCUT2D eigenvalue weighted by molar-refractivity contribution is 6.67. The number of benzene rings is 1. The average molecular weight is 294 g/mol. The van der Waals surface area contributed by atoms with E-state index < -0.39 is 5.24 Å². The summed E-state index contributed by atoms with van der Waals surface area (Å²) in [6, 6.07) is 6.69. The number of carbonyl (C=O) groups excluding carboxylic acids is 1. The summed E-state index contributed by atoms with van der Waals surface area (Å²) in [5.41, 5.74) is 0.664. The van der Waals surface area contributed by atoms with Gasteiger partial charge in [0.15, 0.2) is 0 Å². The SMILES string of the molecule is CCCCCCCCOc1ccc(C(=O)Cl)cc1C#N. The van der Waals surface area contributed by atoms with Gasteiger partial charge in [0, 0.05) is 5.56 Å². The van der Waals surface area contributed by atoms with Crippen LogP contribution in [0.1, 0.15) is 61.4 Å². The van der Waals surface area contributed by atoms with Crippen LogP contribution in [0, 0.1) is 11.3 Å². The van der Waals surface area contributed by atoms with Gasteiger partial charge in [-0.1, -0.05) is 39.0 Å². The fourth-order valence-corrected chi connectivity index (χ4v) is 2.05. The van der Waals surface area contributed by atoms with E-state index in [1.807, 2.05) is 6.07 Å². The molecule has 0 N–H and O–H groups in total. The number of nitrogens with zero attached hydrogens (tertiary/aromatic N) is 1. The van der Waals surface area contributed by atoms with Crippen molar-refractivity contribution < 1.29 is 9.53 Å². The van der Waals surface area contributed by atoms with Gasteiger partial charge in [-0.25, -0.2) is 0 Å². The van der Waals surface area contributed by atoms with Gasteiger partial charge in [-0.3, -0.25) is 4.79 Å². The minimum atomic E-state index is -0.566. The lowest BCUT2D eigenvalue weighted by atomic mass is 10.1. The normalized spacial score (nSPS) is 10.1. The van der Waals surface area contributed by atoms with Crippen LogP contribution in [0.3, 0.4) is 0 Å². The summed E-state index contributed by atoms with van der Waals surface area (Å²) in [5.74, 6) is 0.516. The maximum absolute atomic E-state index is 11.0. The summed E-state index contributed by atoms with van der Waals surface area (Å²) in [4.78, 5) is 11.0. The van der Waals surface area contributed by atoms with E-state index in [9.17, 15) is 4.79 Å². The third-order valence-corrected chi connectivity index (χ3v) is 3.30. The fourth-order valence-electron chi connectivity index (χ4n) is 1.93. The largest absolute Gasteiger partial charge is 0.492 e. The monoisotopic (exact) mass is 293 g/mol. The number of rotatable bonds is 9. The predicted octanol–water partition coefficient (Wildman–Crippen LogP) is 4.68. The highest BCUT2D eigenvalue weighted by Gasteiger charge is 2.08. The third-order valence-electron chi connectivity index (χ3n) is 3.08. The summed E-state index contributed by atoms with van der Waals surface area (Å²) in [5, 5.41) is 8.47. The van der Waals surface area contributed by atoms with Crippen LogP contribution in [-0.2, 0) is 0 Å². The zero-order valence-corrected chi connectivity index (χ0v) is 12.6. The molecule has 0 aliphatic carbocycles. The van der Waals surface area contributed by atoms with Gasteiger partial charge in [0.05, 0.1) is 12.2 Å². The molecule has 0 unspecified atom stereocenters. The molecule has 0 aliphatic heterocycles. The van der Waals surface area contributed by atoms with Crippen LogP contribution in [0.2, 0.25) is 0 Å². The van der Waals surface area contributed by atoms with Crippen molar-refractivity contribution in [3.8, 4) is 11.8 Å². The lowest BCUT2D eigenvalue weighted by Crippen LogP contribution is -2.00. The van der Waals surface area contributed by atoms with E-state index in [1.165, 1.54) is 31.7 Å². The molecule has 0 saturated heterocycles. The summed E-state index contributed by atoms with van der Waals surface area (Å²) in [7, 11) is 0. The Morgan fingerprint density at radius 2 is 1.95 bits per heavy atom. The van der Waals surface area contributed by atoms with Crippen LogP contribution in [-0.4, -0.2) is 11.8 Å². The summed E-state index contributed by atoms with van der Waals surface area (Å²) in [6.07, 6.45) is 7.14. The van der Waals surface area contributed by atoms with Gasteiger partial charge in [-0.2, -0.15) is 5.26 Å². The fraction of sp³-hybridized carbons (Fsp3) is 0.500. The number of unbranched alkanes of at least 4 members (excludes halogenated alkanes) is 5. The Kier molecular flexibility index (Phi) is 7.75. The second-order valence-electron chi connectivity index (χ2n) is 4.71. The highest BCUT2D eigenvalue weighted by atomic mass is 35.5. The first kappa shape index (κ1) is 16.5. The smallest absolute Gasteiger partial charge is 0.252 e. The second-order valence-corrected chi connectivity index (χ2v) is 5.06. The quantitative estimate of drug-likeness (QED) is 0.491. The Morgan fingerprint density at radius 3 is 2.60 bits per heavy atom. The summed E-state index contributed by atoms with van der Waals surface area (Å²) in [6.45, 7) is 2.79. The first-order valence-electron chi connectivity index (χ1n) is 7.05. The van der Waals surface area contributed by atoms with Gasteiger partial charge in [-0.15, -0.1) is 0 Å². The van der Waals surface area contributed by atoms with E-state index in [1.54, 1.807) is 12.1 Å². The number of hydrogen-bond donors (Lipinski definition) is 0. The zero-order valence-electron chi connectivity index (χ0n) is 11.8. The lowest BCUT2D eigenvalue weighted by Gasteiger charge is -2.08. The van der Waals surface area contributed by atoms with Gasteiger partial charge < -0.3 is 4.74 Å². The Hall–Kier alpha value is -1.53. The predicted molar refractivity (Wildman–Crippen MR) is 80.2 cm³/mol. The number of carbonyl (C=O) groups is 1. The van der Waals surface area contributed by atoms with E-state index >= 15 is 0 Å². The first-order valence-corrected chi connectivity index (χ1v) is 7.43. The minimum Gasteiger partial charge on any atom is -0.492 e. The van der Waals surface area contributed by atoms with Crippen LogP contribution in [0.15, 0.2) is 18.2 Å². The molecule has 0 amide bonds. The van der Waals surface area contributed by atoms with E-state index in [2.05, 4.69) is 6.92 Å². The molecule has 0 atom stereocenters. The van der Waals surface area contributed by atoms with Crippen molar-refractivity contribution >= 4 is 16.8 Å². The number of halogens is 1. The molecule has 4 heteroatoms. The molecule has 0 aromatic heterocycles. The van der Waals surface area contributed by atoms with Crippen molar-refractivity contribution in [2.75, 3.05) is 6.61 Å². The van der Waals surface area contributed by atoms with Crippen molar-refractivity contribution in [2.24, 2.45) is 0 Å². The van der Waals surface area contributed by atoms with Crippen LogP contribution in [0.25, 0.3) is 0 Å². The Bertz CT molecular complexity index is 480. The molecule has 0 saturated carbocycles. The van der Waals surface area contributed by atoms with E-state index in [4.69, 9.17) is 21.6 Å². The molecule has 20 heavy (non-hydrogen) atoms. The Labute approximate surface area is 125 Å². The molecular formula is C16H20ClNO2. The first-order chi connectivity index (χ1) is 9.69. The van der Waals surface area contributed by atoms with Gasteiger partial charge in [0.1, 0.15) is 11.8 Å². The molecule has 0 spiro atoms. The standard InChI is InChI=1S/C16H20ClNO2/c1-2-3-4-5-6-7-10-20-15-9-8-13(16(17)19)11-14(15)12-18/h8-9,11H,2-7,10H2,1H3. The molecule has 0 bridgehead atoms. The molecule has 0 radical (unpaired) electrons. The Balaban J connectivity index is 2.40.